The van der Waals surface area contributed by atoms with E-state index in [1.165, 1.54) is 0 Å². The first-order valence-corrected chi connectivity index (χ1v) is 17.2. The molecule has 1 aromatic rings. The summed E-state index contributed by atoms with van der Waals surface area (Å²) >= 11 is 0. The Balaban J connectivity index is 1.20. The highest BCUT2D eigenvalue weighted by molar-refractivity contribution is 5.69. The molecule has 7 heteroatoms. The lowest BCUT2D eigenvalue weighted by Gasteiger charge is -2.64. The molecule has 0 unspecified atom stereocenters. The number of carbonyl (C=O) groups is 1. The Morgan fingerprint density at radius 2 is 1.75 bits per heavy atom. The molecule has 0 amide bonds. The van der Waals surface area contributed by atoms with E-state index in [0.717, 1.165) is 31.2 Å². The van der Waals surface area contributed by atoms with Crippen LogP contribution in [0.4, 0.5) is 0 Å². The van der Waals surface area contributed by atoms with E-state index in [1.807, 2.05) is 51.1 Å². The van der Waals surface area contributed by atoms with Crippen LogP contribution in [0.1, 0.15) is 105 Å². The predicted molar refractivity (Wildman–Crippen MR) is 169 cm³/mol. The minimum atomic E-state index is -1.21. The van der Waals surface area contributed by atoms with E-state index in [1.54, 1.807) is 0 Å². The smallest absolute Gasteiger partial charge is 0.306 e. The molecular weight excluding hydrogens is 556 g/mol. The fourth-order valence-electron chi connectivity index (χ4n) is 10.2. The van der Waals surface area contributed by atoms with Crippen LogP contribution < -0.4 is 0 Å². The maximum absolute atomic E-state index is 12.5. The lowest BCUT2D eigenvalue weighted by molar-refractivity contribution is -0.276. The molecule has 0 aliphatic heterocycles. The van der Waals surface area contributed by atoms with Gasteiger partial charge in [0.1, 0.15) is 5.60 Å². The number of aliphatic hydroxyl groups excluding tert-OH is 2. The van der Waals surface area contributed by atoms with Crippen molar-refractivity contribution in [1.82, 2.24) is 0 Å². The monoisotopic (exact) mass is 614 g/mol. The first-order chi connectivity index (χ1) is 20.7. The van der Waals surface area contributed by atoms with Crippen LogP contribution in [0.5, 0.6) is 0 Å². The fraction of sp³-hybridized carbons (Fsp3) is 0.811. The van der Waals surface area contributed by atoms with Crippen LogP contribution in [-0.2, 0) is 25.6 Å². The molecule has 4 saturated carbocycles. The van der Waals surface area contributed by atoms with Crippen LogP contribution in [0, 0.1) is 46.3 Å². The molecule has 44 heavy (non-hydrogen) atoms. The number of ether oxygens (including phenoxy) is 3. The summed E-state index contributed by atoms with van der Waals surface area (Å²) in [6.07, 6.45) is 5.48. The highest BCUT2D eigenvalue weighted by Crippen LogP contribution is 2.69. The summed E-state index contributed by atoms with van der Waals surface area (Å²) in [5, 5.41) is 35.1. The van der Waals surface area contributed by atoms with Crippen LogP contribution in [0.3, 0.4) is 0 Å². The number of benzene rings is 1. The molecule has 248 valence electrons. The van der Waals surface area contributed by atoms with Gasteiger partial charge in [0.25, 0.3) is 0 Å². The molecule has 4 fully saturated rings. The fourth-order valence-corrected chi connectivity index (χ4v) is 10.2. The molecule has 0 radical (unpaired) electrons. The maximum atomic E-state index is 12.5. The van der Waals surface area contributed by atoms with Crippen molar-refractivity contribution in [2.75, 3.05) is 13.2 Å². The molecule has 0 aromatic heterocycles. The number of carbonyl (C=O) groups excluding carboxylic acids is 1. The summed E-state index contributed by atoms with van der Waals surface area (Å²) in [6.45, 7) is 13.8. The number of aliphatic hydroxyl groups is 3. The zero-order chi connectivity index (χ0) is 31.9. The Bertz CT molecular complexity index is 1120. The van der Waals surface area contributed by atoms with Crippen molar-refractivity contribution < 1.29 is 34.3 Å². The van der Waals surface area contributed by atoms with Crippen LogP contribution in [0.25, 0.3) is 0 Å². The summed E-state index contributed by atoms with van der Waals surface area (Å²) in [6, 6.07) is 10.0. The lowest BCUT2D eigenvalue weighted by Crippen LogP contribution is -2.63. The van der Waals surface area contributed by atoms with E-state index >= 15 is 0 Å². The molecule has 7 nitrogen and oxygen atoms in total. The van der Waals surface area contributed by atoms with Crippen molar-refractivity contribution in [2.45, 2.75) is 130 Å². The molecule has 4 aliphatic carbocycles. The first kappa shape index (κ1) is 33.8. The van der Waals surface area contributed by atoms with Crippen molar-refractivity contribution in [3.63, 3.8) is 0 Å². The van der Waals surface area contributed by atoms with Gasteiger partial charge in [-0.1, -0.05) is 51.1 Å². The minimum Gasteiger partial charge on any atom is -0.460 e. The third-order valence-corrected chi connectivity index (χ3v) is 12.5. The minimum absolute atomic E-state index is 0.0635. The van der Waals surface area contributed by atoms with Crippen molar-refractivity contribution in [3.8, 4) is 0 Å². The van der Waals surface area contributed by atoms with Gasteiger partial charge in [0, 0.05) is 19.3 Å². The molecule has 11 atom stereocenters. The van der Waals surface area contributed by atoms with Gasteiger partial charge in [-0.2, -0.15) is 0 Å². The third kappa shape index (κ3) is 6.78. The van der Waals surface area contributed by atoms with Crippen molar-refractivity contribution in [3.05, 3.63) is 35.9 Å². The van der Waals surface area contributed by atoms with Gasteiger partial charge >= 0.3 is 5.97 Å². The van der Waals surface area contributed by atoms with E-state index in [0.29, 0.717) is 57.8 Å². The van der Waals surface area contributed by atoms with Gasteiger partial charge in [-0.05, 0) is 111 Å². The number of esters is 1. The zero-order valence-corrected chi connectivity index (χ0v) is 28.0. The molecule has 5 rings (SSSR count). The summed E-state index contributed by atoms with van der Waals surface area (Å²) < 4.78 is 17.4. The zero-order valence-electron chi connectivity index (χ0n) is 28.0. The number of hydrogen-bond acceptors (Lipinski definition) is 7. The van der Waals surface area contributed by atoms with Crippen LogP contribution in [-0.4, -0.2) is 58.1 Å². The second-order valence-electron chi connectivity index (χ2n) is 16.2. The molecular formula is C37H58O7. The third-order valence-electron chi connectivity index (χ3n) is 12.5. The van der Waals surface area contributed by atoms with E-state index < -0.39 is 23.6 Å². The van der Waals surface area contributed by atoms with Gasteiger partial charge in [0.15, 0.2) is 5.79 Å². The summed E-state index contributed by atoms with van der Waals surface area (Å²) in [7, 11) is 0. The van der Waals surface area contributed by atoms with Gasteiger partial charge in [-0.3, -0.25) is 4.79 Å². The van der Waals surface area contributed by atoms with Gasteiger partial charge in [-0.15, -0.1) is 0 Å². The Morgan fingerprint density at radius 1 is 1.02 bits per heavy atom. The molecule has 0 bridgehead atoms. The van der Waals surface area contributed by atoms with Crippen molar-refractivity contribution >= 4 is 5.97 Å². The molecule has 0 heterocycles. The normalized spacial score (nSPS) is 40.9. The Morgan fingerprint density at radius 3 is 2.45 bits per heavy atom. The number of hydrogen-bond donors (Lipinski definition) is 3. The van der Waals surface area contributed by atoms with Crippen molar-refractivity contribution in [2.24, 2.45) is 46.3 Å². The van der Waals surface area contributed by atoms with Gasteiger partial charge in [0.05, 0.1) is 32.0 Å². The second-order valence-corrected chi connectivity index (χ2v) is 16.2. The molecule has 0 saturated heterocycles. The number of fused-ring (bicyclic) bond motifs is 5. The largest absolute Gasteiger partial charge is 0.460 e. The lowest BCUT2D eigenvalue weighted by atomic mass is 9.43. The van der Waals surface area contributed by atoms with E-state index in [4.69, 9.17) is 14.2 Å². The average molecular weight is 615 g/mol. The molecule has 1 aromatic carbocycles. The Labute approximate surface area is 265 Å². The topological polar surface area (TPSA) is 105 Å². The first-order valence-electron chi connectivity index (χ1n) is 17.2. The second kappa shape index (κ2) is 12.9. The summed E-state index contributed by atoms with van der Waals surface area (Å²) in [5.41, 5.74) is 0.283. The maximum Gasteiger partial charge on any atom is 0.306 e. The Hall–Kier alpha value is -1.51. The highest BCUT2D eigenvalue weighted by atomic mass is 16.6. The molecule has 3 N–H and O–H groups in total. The van der Waals surface area contributed by atoms with Crippen molar-refractivity contribution in [1.29, 1.82) is 0 Å². The van der Waals surface area contributed by atoms with Crippen LogP contribution in [0.15, 0.2) is 30.3 Å². The summed E-state index contributed by atoms with van der Waals surface area (Å²) in [4.78, 5) is 12.5. The number of rotatable bonds is 10. The van der Waals surface area contributed by atoms with Gasteiger partial charge < -0.3 is 29.5 Å². The molecule has 0 spiro atoms. The van der Waals surface area contributed by atoms with Crippen LogP contribution >= 0.6 is 0 Å². The van der Waals surface area contributed by atoms with E-state index in [2.05, 4.69) is 20.8 Å². The quantitative estimate of drug-likeness (QED) is 0.162. The standard InChI is InChI=1S/C37H58O7/c1-24(12-15-32(40)44-34(2,3)4)27-13-14-28-33-29(21-31(39)36(27,28)6)35(5)16-17-37(41,22-26(35)20-30(33)38)43-19-18-42-23-25-10-8-7-9-11-25/h7-11,24,26-31,33,38-39,41H,12-23H2,1-6H3/t24-,26-,27-,28+,29+,30-,31+,33+,35+,36-,37+/m1/s1. The average Bonchev–Trinajstić information content (AvgIpc) is 3.31. The predicted octanol–water partition coefficient (Wildman–Crippen LogP) is 6.27. The summed E-state index contributed by atoms with van der Waals surface area (Å²) in [5.74, 6) is -0.0533. The van der Waals surface area contributed by atoms with Gasteiger partial charge in [-0.25, -0.2) is 0 Å². The van der Waals surface area contributed by atoms with E-state index in [9.17, 15) is 20.1 Å². The molecule has 4 aliphatic rings. The van der Waals surface area contributed by atoms with Gasteiger partial charge in [0.2, 0.25) is 0 Å². The highest BCUT2D eigenvalue weighted by Gasteiger charge is 2.66. The van der Waals surface area contributed by atoms with Crippen LogP contribution in [0.2, 0.25) is 0 Å². The SMILES string of the molecule is C[C@H](CCC(=O)OC(C)(C)C)[C@H]1CC[C@H]2[C@@H]3[C@H](O)C[C@@H]4C[C@@](O)(OCCOCc5ccccc5)CC[C@]4(C)[C@H]3C[C@H](O)[C@]12C. The van der Waals surface area contributed by atoms with E-state index in [-0.39, 0.29) is 46.4 Å². The Kier molecular flexibility index (Phi) is 9.96.